The number of anilines is 1. The van der Waals surface area contributed by atoms with E-state index in [9.17, 15) is 9.59 Å². The summed E-state index contributed by atoms with van der Waals surface area (Å²) in [5, 5.41) is 22.2. The molecule has 0 radical (unpaired) electrons. The second-order valence-electron chi connectivity index (χ2n) is 4.09. The highest BCUT2D eigenvalue weighted by atomic mass is 32.1. The zero-order chi connectivity index (χ0) is 15.9. The minimum absolute atomic E-state index is 0.195. The second-order valence-corrected chi connectivity index (χ2v) is 5.01. The Morgan fingerprint density at radius 2 is 2.05 bits per heavy atom. The topological polar surface area (TPSA) is 103 Å². The summed E-state index contributed by atoms with van der Waals surface area (Å²) in [6.45, 7) is -0.474. The Labute approximate surface area is 130 Å². The lowest BCUT2D eigenvalue weighted by Gasteiger charge is -2.05. The molecule has 2 aromatic rings. The minimum atomic E-state index is -0.695. The molecule has 1 amide bonds. The zero-order valence-electron chi connectivity index (χ0n) is 11.2. The smallest absolute Gasteiger partial charge is 0.338 e. The van der Waals surface area contributed by atoms with E-state index in [0.29, 0.717) is 16.1 Å². The van der Waals surface area contributed by atoms with Crippen LogP contribution in [0.3, 0.4) is 0 Å². The maximum atomic E-state index is 11.8. The van der Waals surface area contributed by atoms with E-state index in [0.717, 1.165) is 0 Å². The third-order valence-electron chi connectivity index (χ3n) is 2.60. The van der Waals surface area contributed by atoms with Crippen molar-refractivity contribution in [2.24, 2.45) is 0 Å². The maximum Gasteiger partial charge on any atom is 0.338 e. The van der Waals surface area contributed by atoms with E-state index in [2.05, 4.69) is 5.32 Å². The number of hydrogen-bond acceptors (Lipinski definition) is 6. The van der Waals surface area contributed by atoms with Crippen molar-refractivity contribution < 1.29 is 14.3 Å². The lowest BCUT2D eigenvalue weighted by molar-refractivity contribution is -0.119. The molecule has 7 heteroatoms. The molecule has 108 valence electrons. The first-order valence-corrected chi connectivity index (χ1v) is 6.96. The standard InChI is InChI=1S/C15H9N3O3S/c16-7-10-2-1-3-11(6-10)15(20)21-9-13(19)18-14-12(8-17)4-5-22-14/h1-6H,9H2,(H,18,19). The summed E-state index contributed by atoms with van der Waals surface area (Å²) in [4.78, 5) is 23.5. The van der Waals surface area contributed by atoms with Gasteiger partial charge in [-0.2, -0.15) is 10.5 Å². The molecule has 1 aromatic heterocycles. The zero-order valence-corrected chi connectivity index (χ0v) is 12.0. The van der Waals surface area contributed by atoms with Crippen LogP contribution in [0.25, 0.3) is 0 Å². The number of hydrogen-bond donors (Lipinski definition) is 1. The van der Waals surface area contributed by atoms with E-state index < -0.39 is 18.5 Å². The van der Waals surface area contributed by atoms with E-state index in [-0.39, 0.29) is 5.56 Å². The molecule has 0 bridgehead atoms. The largest absolute Gasteiger partial charge is 0.452 e. The number of nitrogens with zero attached hydrogens (tertiary/aromatic N) is 2. The van der Waals surface area contributed by atoms with Gasteiger partial charge < -0.3 is 10.1 Å². The number of carbonyl (C=O) groups excluding carboxylic acids is 2. The molecule has 6 nitrogen and oxygen atoms in total. The molecule has 0 fully saturated rings. The maximum absolute atomic E-state index is 11.8. The number of esters is 1. The fourth-order valence-electron chi connectivity index (χ4n) is 1.59. The highest BCUT2D eigenvalue weighted by Gasteiger charge is 2.12. The molecule has 22 heavy (non-hydrogen) atoms. The lowest BCUT2D eigenvalue weighted by Crippen LogP contribution is -2.20. The van der Waals surface area contributed by atoms with Crippen molar-refractivity contribution in [3.63, 3.8) is 0 Å². The fraction of sp³-hybridized carbons (Fsp3) is 0.0667. The Balaban J connectivity index is 1.92. The van der Waals surface area contributed by atoms with Crippen LogP contribution in [0.4, 0.5) is 5.00 Å². The van der Waals surface area contributed by atoms with Gasteiger partial charge in [0.2, 0.25) is 0 Å². The van der Waals surface area contributed by atoms with Crippen molar-refractivity contribution in [3.05, 3.63) is 52.4 Å². The molecule has 0 unspecified atom stereocenters. The Morgan fingerprint density at radius 3 is 2.77 bits per heavy atom. The predicted octanol–water partition coefficient (Wildman–Crippen LogP) is 2.29. The van der Waals surface area contributed by atoms with Crippen LogP contribution in [0.15, 0.2) is 35.7 Å². The molecule has 0 atom stereocenters. The molecule has 0 spiro atoms. The molecule has 1 heterocycles. The summed E-state index contributed by atoms with van der Waals surface area (Å²) in [7, 11) is 0. The van der Waals surface area contributed by atoms with E-state index >= 15 is 0 Å². The van der Waals surface area contributed by atoms with E-state index in [1.807, 2.05) is 12.1 Å². The van der Waals surface area contributed by atoms with Crippen molar-refractivity contribution in [3.8, 4) is 12.1 Å². The summed E-state index contributed by atoms with van der Waals surface area (Å²) in [5.41, 5.74) is 0.878. The van der Waals surface area contributed by atoms with Crippen molar-refractivity contribution >= 4 is 28.2 Å². The first-order valence-electron chi connectivity index (χ1n) is 6.09. The summed E-state index contributed by atoms with van der Waals surface area (Å²) in [6, 6.07) is 11.4. The van der Waals surface area contributed by atoms with Crippen LogP contribution >= 0.6 is 11.3 Å². The van der Waals surface area contributed by atoms with E-state index in [4.69, 9.17) is 15.3 Å². The predicted molar refractivity (Wildman–Crippen MR) is 79.1 cm³/mol. The molecule has 0 aliphatic rings. The Bertz CT molecular complexity index is 799. The van der Waals surface area contributed by atoms with Crippen molar-refractivity contribution in [1.29, 1.82) is 10.5 Å². The van der Waals surface area contributed by atoms with Gasteiger partial charge in [0.05, 0.1) is 22.8 Å². The van der Waals surface area contributed by atoms with Crippen LogP contribution in [0, 0.1) is 22.7 Å². The highest BCUT2D eigenvalue weighted by molar-refractivity contribution is 7.14. The Kier molecular flexibility index (Phi) is 4.86. The fourth-order valence-corrected chi connectivity index (χ4v) is 2.34. The monoisotopic (exact) mass is 311 g/mol. The van der Waals surface area contributed by atoms with Gasteiger partial charge in [-0.1, -0.05) is 6.07 Å². The SMILES string of the molecule is N#Cc1cccc(C(=O)OCC(=O)Nc2sccc2C#N)c1. The number of benzene rings is 1. The Hall–Kier alpha value is -3.16. The van der Waals surface area contributed by atoms with Gasteiger partial charge in [-0.25, -0.2) is 4.79 Å². The molecule has 0 aliphatic heterocycles. The first-order chi connectivity index (χ1) is 10.6. The molecule has 1 N–H and O–H groups in total. The first kappa shape index (κ1) is 15.2. The van der Waals surface area contributed by atoms with Gasteiger partial charge in [0, 0.05) is 0 Å². The number of nitriles is 2. The number of carbonyl (C=O) groups is 2. The van der Waals surface area contributed by atoms with Gasteiger partial charge in [-0.15, -0.1) is 11.3 Å². The van der Waals surface area contributed by atoms with Crippen LogP contribution in [0.1, 0.15) is 21.5 Å². The molecule has 1 aromatic carbocycles. The third kappa shape index (κ3) is 3.69. The Morgan fingerprint density at radius 1 is 1.23 bits per heavy atom. The summed E-state index contributed by atoms with van der Waals surface area (Å²) < 4.78 is 4.87. The van der Waals surface area contributed by atoms with E-state index in [1.54, 1.807) is 23.6 Å². The molecule has 0 saturated carbocycles. The number of rotatable bonds is 4. The van der Waals surface area contributed by atoms with Crippen LogP contribution in [-0.4, -0.2) is 18.5 Å². The van der Waals surface area contributed by atoms with Crippen LogP contribution < -0.4 is 5.32 Å². The third-order valence-corrected chi connectivity index (χ3v) is 3.43. The van der Waals surface area contributed by atoms with Crippen molar-refractivity contribution in [1.82, 2.24) is 0 Å². The molecule has 0 aliphatic carbocycles. The molecular weight excluding hydrogens is 302 g/mol. The van der Waals surface area contributed by atoms with Gasteiger partial charge in [-0.05, 0) is 29.6 Å². The van der Waals surface area contributed by atoms with E-state index in [1.165, 1.54) is 23.5 Å². The summed E-state index contributed by atoms with van der Waals surface area (Å²) in [5.74, 6) is -1.23. The summed E-state index contributed by atoms with van der Waals surface area (Å²) in [6.07, 6.45) is 0. The summed E-state index contributed by atoms with van der Waals surface area (Å²) >= 11 is 1.21. The van der Waals surface area contributed by atoms with Crippen LogP contribution in [-0.2, 0) is 9.53 Å². The van der Waals surface area contributed by atoms with Crippen LogP contribution in [0.2, 0.25) is 0 Å². The second kappa shape index (κ2) is 7.02. The van der Waals surface area contributed by atoms with Crippen molar-refractivity contribution in [2.45, 2.75) is 0 Å². The average Bonchev–Trinajstić information content (AvgIpc) is 2.99. The van der Waals surface area contributed by atoms with Gasteiger partial charge in [0.15, 0.2) is 6.61 Å². The number of nitrogens with one attached hydrogen (secondary N) is 1. The van der Waals surface area contributed by atoms with Crippen molar-refractivity contribution in [2.75, 3.05) is 11.9 Å². The normalized spacial score (nSPS) is 9.36. The number of amides is 1. The number of thiophene rings is 1. The van der Waals surface area contributed by atoms with Gasteiger partial charge in [0.1, 0.15) is 11.1 Å². The minimum Gasteiger partial charge on any atom is -0.452 e. The molecule has 0 saturated heterocycles. The highest BCUT2D eigenvalue weighted by Crippen LogP contribution is 2.21. The molecular formula is C15H9N3O3S. The lowest BCUT2D eigenvalue weighted by atomic mass is 10.1. The van der Waals surface area contributed by atoms with Crippen LogP contribution in [0.5, 0.6) is 0 Å². The number of ether oxygens (including phenoxy) is 1. The molecule has 2 rings (SSSR count). The quantitative estimate of drug-likeness (QED) is 0.872. The van der Waals surface area contributed by atoms with Gasteiger partial charge >= 0.3 is 5.97 Å². The average molecular weight is 311 g/mol. The van der Waals surface area contributed by atoms with Gasteiger partial charge in [-0.3, -0.25) is 4.79 Å². The van der Waals surface area contributed by atoms with Gasteiger partial charge in [0.25, 0.3) is 5.91 Å².